The number of carbonyl (C=O) groups excluding carboxylic acids is 1. The molecule has 1 amide bonds. The number of ether oxygens (including phenoxy) is 1. The first-order valence-corrected chi connectivity index (χ1v) is 6.52. The van der Waals surface area contributed by atoms with Crippen molar-refractivity contribution < 1.29 is 9.53 Å². The Labute approximate surface area is 112 Å². The van der Waals surface area contributed by atoms with Crippen molar-refractivity contribution in [2.24, 2.45) is 0 Å². The number of imidazole rings is 1. The summed E-state index contributed by atoms with van der Waals surface area (Å²) in [6.45, 7) is 5.98. The Morgan fingerprint density at radius 3 is 3.37 bits per heavy atom. The first kappa shape index (κ1) is 13.8. The summed E-state index contributed by atoms with van der Waals surface area (Å²) < 4.78 is 5.33. The molecule has 6 nitrogen and oxygen atoms in total. The van der Waals surface area contributed by atoms with Crippen molar-refractivity contribution in [3.05, 3.63) is 30.4 Å². The lowest BCUT2D eigenvalue weighted by atomic mass is 10.0. The number of fused-ring (bicyclic) bond motifs is 1. The number of carbonyl (C=O) groups is 1. The number of aromatic nitrogens is 2. The van der Waals surface area contributed by atoms with Gasteiger partial charge in [0.15, 0.2) is 0 Å². The van der Waals surface area contributed by atoms with Gasteiger partial charge >= 0.3 is 0 Å². The Bertz CT molecular complexity index is 430. The number of hydrogen-bond acceptors (Lipinski definition) is 4. The van der Waals surface area contributed by atoms with Crippen LogP contribution in [0.25, 0.3) is 0 Å². The number of rotatable bonds is 7. The lowest BCUT2D eigenvalue weighted by molar-refractivity contribution is -0.123. The van der Waals surface area contributed by atoms with Gasteiger partial charge in [-0.2, -0.15) is 0 Å². The normalized spacial score (nSPS) is 17.8. The van der Waals surface area contributed by atoms with E-state index in [-0.39, 0.29) is 11.9 Å². The molecule has 2 rings (SSSR count). The summed E-state index contributed by atoms with van der Waals surface area (Å²) in [4.78, 5) is 19.2. The van der Waals surface area contributed by atoms with E-state index in [0.717, 1.165) is 17.8 Å². The molecule has 0 saturated heterocycles. The molecule has 0 bridgehead atoms. The van der Waals surface area contributed by atoms with E-state index in [9.17, 15) is 4.79 Å². The maximum Gasteiger partial charge on any atom is 0.237 e. The van der Waals surface area contributed by atoms with Gasteiger partial charge < -0.3 is 15.0 Å². The third kappa shape index (κ3) is 3.90. The topological polar surface area (TPSA) is 79.0 Å². The van der Waals surface area contributed by atoms with Crippen LogP contribution in [-0.2, 0) is 22.5 Å². The third-order valence-corrected chi connectivity index (χ3v) is 3.06. The maximum atomic E-state index is 11.9. The first-order chi connectivity index (χ1) is 9.31. The van der Waals surface area contributed by atoms with Crippen molar-refractivity contribution in [2.45, 2.75) is 25.4 Å². The van der Waals surface area contributed by atoms with Crippen molar-refractivity contribution >= 4 is 5.91 Å². The molecular formula is C13H20N4O2. The Morgan fingerprint density at radius 2 is 2.53 bits per heavy atom. The highest BCUT2D eigenvalue weighted by Gasteiger charge is 2.25. The van der Waals surface area contributed by atoms with Gasteiger partial charge in [-0.15, -0.1) is 6.58 Å². The van der Waals surface area contributed by atoms with E-state index in [1.807, 2.05) is 6.08 Å². The predicted octanol–water partition coefficient (Wildman–Crippen LogP) is 0.133. The van der Waals surface area contributed by atoms with E-state index in [0.29, 0.717) is 32.7 Å². The molecule has 1 aromatic rings. The standard InChI is InChI=1S/C13H20N4O2/c1-2-3-5-19-6-4-14-13(18)11-7-10-12(8-15-11)17-9-16-10/h2,9,11,15H,1,3-8H2,(H,14,18)(H,16,17). The summed E-state index contributed by atoms with van der Waals surface area (Å²) in [6, 6.07) is -0.205. The van der Waals surface area contributed by atoms with Gasteiger partial charge in [0.05, 0.1) is 37.0 Å². The van der Waals surface area contributed by atoms with Crippen LogP contribution in [0, 0.1) is 0 Å². The zero-order valence-electron chi connectivity index (χ0n) is 10.9. The van der Waals surface area contributed by atoms with Crippen LogP contribution in [0.4, 0.5) is 0 Å². The SMILES string of the molecule is C=CCCOCCNC(=O)C1Cc2nc[nH]c2CN1. The molecule has 1 atom stereocenters. The highest BCUT2D eigenvalue weighted by Crippen LogP contribution is 2.11. The van der Waals surface area contributed by atoms with Crippen LogP contribution in [0.5, 0.6) is 0 Å². The van der Waals surface area contributed by atoms with Crippen LogP contribution in [0.3, 0.4) is 0 Å². The van der Waals surface area contributed by atoms with E-state index in [1.54, 1.807) is 6.33 Å². The molecule has 2 heterocycles. The van der Waals surface area contributed by atoms with Gasteiger partial charge in [0.1, 0.15) is 0 Å². The molecule has 1 aromatic heterocycles. The zero-order chi connectivity index (χ0) is 13.5. The molecule has 104 valence electrons. The van der Waals surface area contributed by atoms with E-state index in [2.05, 4.69) is 27.2 Å². The lowest BCUT2D eigenvalue weighted by Crippen LogP contribution is -2.48. The fourth-order valence-corrected chi connectivity index (χ4v) is 1.99. The van der Waals surface area contributed by atoms with Gasteiger partial charge in [-0.1, -0.05) is 6.08 Å². The van der Waals surface area contributed by atoms with Crippen LogP contribution >= 0.6 is 0 Å². The lowest BCUT2D eigenvalue weighted by Gasteiger charge is -2.22. The molecule has 0 aromatic carbocycles. The second-order valence-electron chi connectivity index (χ2n) is 4.45. The molecule has 6 heteroatoms. The molecule has 1 unspecified atom stereocenters. The Kier molecular flexibility index (Phi) is 5.11. The summed E-state index contributed by atoms with van der Waals surface area (Å²) in [6.07, 6.45) is 4.94. The second kappa shape index (κ2) is 7.06. The second-order valence-corrected chi connectivity index (χ2v) is 4.45. The number of nitrogens with zero attached hydrogens (tertiary/aromatic N) is 1. The summed E-state index contributed by atoms with van der Waals surface area (Å²) in [5.74, 6) is 0.000899. The molecular weight excluding hydrogens is 244 g/mol. The van der Waals surface area contributed by atoms with Crippen molar-refractivity contribution in [3.63, 3.8) is 0 Å². The molecule has 0 aliphatic carbocycles. The van der Waals surface area contributed by atoms with Gasteiger partial charge in [0.2, 0.25) is 5.91 Å². The van der Waals surface area contributed by atoms with E-state index < -0.39 is 0 Å². The first-order valence-electron chi connectivity index (χ1n) is 6.52. The number of aromatic amines is 1. The van der Waals surface area contributed by atoms with E-state index in [4.69, 9.17) is 4.74 Å². The molecule has 0 spiro atoms. The molecule has 3 N–H and O–H groups in total. The van der Waals surface area contributed by atoms with Crippen molar-refractivity contribution in [1.29, 1.82) is 0 Å². The highest BCUT2D eigenvalue weighted by atomic mass is 16.5. The predicted molar refractivity (Wildman–Crippen MR) is 71.6 cm³/mol. The number of hydrogen-bond donors (Lipinski definition) is 3. The van der Waals surface area contributed by atoms with Crippen LogP contribution in [0.2, 0.25) is 0 Å². The number of nitrogens with one attached hydrogen (secondary N) is 3. The minimum Gasteiger partial charge on any atom is -0.379 e. The van der Waals surface area contributed by atoms with Gasteiger partial charge in [0.25, 0.3) is 0 Å². The molecule has 0 radical (unpaired) electrons. The fourth-order valence-electron chi connectivity index (χ4n) is 1.99. The number of amides is 1. The average Bonchev–Trinajstić information content (AvgIpc) is 2.89. The van der Waals surface area contributed by atoms with Crippen LogP contribution in [-0.4, -0.2) is 41.7 Å². The minimum atomic E-state index is -0.205. The van der Waals surface area contributed by atoms with Crippen LogP contribution in [0.1, 0.15) is 17.8 Å². The zero-order valence-corrected chi connectivity index (χ0v) is 10.9. The number of H-pyrrole nitrogens is 1. The molecule has 19 heavy (non-hydrogen) atoms. The largest absolute Gasteiger partial charge is 0.379 e. The molecule has 1 aliphatic heterocycles. The summed E-state index contributed by atoms with van der Waals surface area (Å²) >= 11 is 0. The van der Waals surface area contributed by atoms with Crippen molar-refractivity contribution in [2.75, 3.05) is 19.8 Å². The molecule has 1 aliphatic rings. The monoisotopic (exact) mass is 264 g/mol. The maximum absolute atomic E-state index is 11.9. The van der Waals surface area contributed by atoms with Crippen LogP contribution in [0.15, 0.2) is 19.0 Å². The smallest absolute Gasteiger partial charge is 0.237 e. The minimum absolute atomic E-state index is 0.000899. The summed E-state index contributed by atoms with van der Waals surface area (Å²) in [5, 5.41) is 6.05. The molecule has 0 fully saturated rings. The Hall–Kier alpha value is -1.66. The average molecular weight is 264 g/mol. The highest BCUT2D eigenvalue weighted by molar-refractivity contribution is 5.82. The quantitative estimate of drug-likeness (QED) is 0.483. The summed E-state index contributed by atoms with van der Waals surface area (Å²) in [5.41, 5.74) is 2.04. The Morgan fingerprint density at radius 1 is 1.63 bits per heavy atom. The van der Waals surface area contributed by atoms with Gasteiger partial charge in [-0.3, -0.25) is 10.1 Å². The van der Waals surface area contributed by atoms with Gasteiger partial charge in [-0.05, 0) is 6.42 Å². The Balaban J connectivity index is 1.66. The fraction of sp³-hybridized carbons (Fsp3) is 0.538. The van der Waals surface area contributed by atoms with Crippen molar-refractivity contribution in [1.82, 2.24) is 20.6 Å². The van der Waals surface area contributed by atoms with Crippen molar-refractivity contribution in [3.8, 4) is 0 Å². The molecule has 0 saturated carbocycles. The van der Waals surface area contributed by atoms with Gasteiger partial charge in [0, 0.05) is 19.5 Å². The third-order valence-electron chi connectivity index (χ3n) is 3.06. The van der Waals surface area contributed by atoms with E-state index in [1.165, 1.54) is 0 Å². The van der Waals surface area contributed by atoms with E-state index >= 15 is 0 Å². The summed E-state index contributed by atoms with van der Waals surface area (Å²) in [7, 11) is 0. The van der Waals surface area contributed by atoms with Crippen LogP contribution < -0.4 is 10.6 Å². The van der Waals surface area contributed by atoms with Gasteiger partial charge in [-0.25, -0.2) is 4.98 Å².